The van der Waals surface area contributed by atoms with Crippen LogP contribution < -0.4 is 11.1 Å². The van der Waals surface area contributed by atoms with Crippen molar-refractivity contribution in [3.63, 3.8) is 0 Å². The molecule has 1 saturated carbocycles. The van der Waals surface area contributed by atoms with Crippen molar-refractivity contribution in [1.82, 2.24) is 0 Å². The van der Waals surface area contributed by atoms with Crippen LogP contribution in [0.4, 0.5) is 5.69 Å². The highest BCUT2D eigenvalue weighted by Crippen LogP contribution is 2.30. The first-order chi connectivity index (χ1) is 9.09. The van der Waals surface area contributed by atoms with Crippen LogP contribution in [0, 0.1) is 5.92 Å². The molecule has 2 atom stereocenters. The zero-order valence-electron chi connectivity index (χ0n) is 11.3. The standard InChI is InChI=1S/C15H21BrN2S/c1-10-6-3-2-4-8-12(10)18-13-9-5-7-11(16)14(13)15(17)19/h5,7,9-10,12,18H,2-4,6,8H2,1H3,(H2,17,19). The van der Waals surface area contributed by atoms with Gasteiger partial charge in [-0.1, -0.05) is 44.5 Å². The van der Waals surface area contributed by atoms with Gasteiger partial charge in [0.25, 0.3) is 0 Å². The molecular weight excluding hydrogens is 320 g/mol. The van der Waals surface area contributed by atoms with E-state index in [9.17, 15) is 0 Å². The Morgan fingerprint density at radius 1 is 1.32 bits per heavy atom. The van der Waals surface area contributed by atoms with Gasteiger partial charge in [-0.3, -0.25) is 0 Å². The molecule has 3 N–H and O–H groups in total. The molecular formula is C15H21BrN2S. The molecule has 0 saturated heterocycles. The van der Waals surface area contributed by atoms with E-state index in [1.807, 2.05) is 12.1 Å². The lowest BCUT2D eigenvalue weighted by Crippen LogP contribution is -2.27. The highest BCUT2D eigenvalue weighted by atomic mass is 79.9. The number of nitrogens with one attached hydrogen (secondary N) is 1. The Hall–Kier alpha value is -0.610. The SMILES string of the molecule is CC1CCCCCC1Nc1cccc(Br)c1C(N)=S. The summed E-state index contributed by atoms with van der Waals surface area (Å²) in [5.41, 5.74) is 7.83. The van der Waals surface area contributed by atoms with E-state index < -0.39 is 0 Å². The third-order valence-electron chi connectivity index (χ3n) is 3.96. The topological polar surface area (TPSA) is 38.0 Å². The third-order valence-corrected chi connectivity index (χ3v) is 4.83. The fourth-order valence-corrected chi connectivity index (χ4v) is 3.73. The second kappa shape index (κ2) is 6.71. The summed E-state index contributed by atoms with van der Waals surface area (Å²) in [7, 11) is 0. The highest BCUT2D eigenvalue weighted by Gasteiger charge is 2.21. The molecule has 104 valence electrons. The summed E-state index contributed by atoms with van der Waals surface area (Å²) >= 11 is 8.70. The smallest absolute Gasteiger partial charge is 0.107 e. The normalized spacial score (nSPS) is 23.7. The predicted molar refractivity (Wildman–Crippen MR) is 89.7 cm³/mol. The average Bonchev–Trinajstić information content (AvgIpc) is 2.54. The van der Waals surface area contributed by atoms with Crippen molar-refractivity contribution in [3.05, 3.63) is 28.2 Å². The number of rotatable bonds is 3. The maximum Gasteiger partial charge on any atom is 0.107 e. The van der Waals surface area contributed by atoms with E-state index in [2.05, 4.69) is 34.2 Å². The Morgan fingerprint density at radius 3 is 2.79 bits per heavy atom. The van der Waals surface area contributed by atoms with Crippen LogP contribution in [0.5, 0.6) is 0 Å². The molecule has 0 radical (unpaired) electrons. The van der Waals surface area contributed by atoms with Gasteiger partial charge in [0.1, 0.15) is 4.99 Å². The number of halogens is 1. The zero-order valence-corrected chi connectivity index (χ0v) is 13.7. The highest BCUT2D eigenvalue weighted by molar-refractivity contribution is 9.10. The Balaban J connectivity index is 2.22. The first kappa shape index (κ1) is 14.8. The lowest BCUT2D eigenvalue weighted by molar-refractivity contribution is 0.456. The average molecular weight is 341 g/mol. The van der Waals surface area contributed by atoms with Crippen LogP contribution in [0.3, 0.4) is 0 Å². The van der Waals surface area contributed by atoms with Gasteiger partial charge < -0.3 is 11.1 Å². The van der Waals surface area contributed by atoms with Crippen molar-refractivity contribution in [2.24, 2.45) is 11.7 Å². The fraction of sp³-hybridized carbons (Fsp3) is 0.533. The molecule has 2 unspecified atom stereocenters. The molecule has 2 nitrogen and oxygen atoms in total. The fourth-order valence-electron chi connectivity index (χ4n) is 2.80. The summed E-state index contributed by atoms with van der Waals surface area (Å²) in [5.74, 6) is 0.695. The lowest BCUT2D eigenvalue weighted by atomic mass is 9.96. The van der Waals surface area contributed by atoms with Crippen LogP contribution in [0.2, 0.25) is 0 Å². The molecule has 0 amide bonds. The molecule has 0 heterocycles. The molecule has 0 aromatic heterocycles. The van der Waals surface area contributed by atoms with E-state index >= 15 is 0 Å². The Kier molecular flexibility index (Phi) is 5.22. The summed E-state index contributed by atoms with van der Waals surface area (Å²) < 4.78 is 0.964. The molecule has 4 heteroatoms. The lowest BCUT2D eigenvalue weighted by Gasteiger charge is -2.25. The van der Waals surface area contributed by atoms with Crippen molar-refractivity contribution >= 4 is 38.8 Å². The van der Waals surface area contributed by atoms with Crippen LogP contribution in [-0.4, -0.2) is 11.0 Å². The first-order valence-electron chi connectivity index (χ1n) is 6.94. The monoisotopic (exact) mass is 340 g/mol. The van der Waals surface area contributed by atoms with Crippen molar-refractivity contribution in [2.75, 3.05) is 5.32 Å². The van der Waals surface area contributed by atoms with Crippen LogP contribution in [0.1, 0.15) is 44.6 Å². The summed E-state index contributed by atoms with van der Waals surface area (Å²) in [5, 5.41) is 3.66. The largest absolute Gasteiger partial charge is 0.389 e. The number of anilines is 1. The minimum Gasteiger partial charge on any atom is -0.389 e. The first-order valence-corrected chi connectivity index (χ1v) is 8.14. The zero-order chi connectivity index (χ0) is 13.8. The summed E-state index contributed by atoms with van der Waals surface area (Å²) in [6, 6.07) is 6.59. The predicted octanol–water partition coefficient (Wildman–Crippen LogP) is 4.46. The molecule has 1 aromatic rings. The van der Waals surface area contributed by atoms with Gasteiger partial charge in [-0.15, -0.1) is 0 Å². The molecule has 1 fully saturated rings. The van der Waals surface area contributed by atoms with Gasteiger partial charge in [0.05, 0.1) is 0 Å². The molecule has 19 heavy (non-hydrogen) atoms. The molecule has 0 aliphatic heterocycles. The van der Waals surface area contributed by atoms with E-state index in [-0.39, 0.29) is 0 Å². The van der Waals surface area contributed by atoms with Crippen LogP contribution in [0.25, 0.3) is 0 Å². The van der Waals surface area contributed by atoms with E-state index in [4.69, 9.17) is 18.0 Å². The van der Waals surface area contributed by atoms with Gasteiger partial charge >= 0.3 is 0 Å². The van der Waals surface area contributed by atoms with Gasteiger partial charge in [-0.05, 0) is 46.8 Å². The molecule has 0 bridgehead atoms. The number of hydrogen-bond acceptors (Lipinski definition) is 2. The summed E-state index contributed by atoms with van der Waals surface area (Å²) in [6.45, 7) is 2.33. The molecule has 2 rings (SSSR count). The Morgan fingerprint density at radius 2 is 2.05 bits per heavy atom. The van der Waals surface area contributed by atoms with Crippen molar-refractivity contribution < 1.29 is 0 Å². The van der Waals surface area contributed by atoms with Crippen LogP contribution in [-0.2, 0) is 0 Å². The third kappa shape index (κ3) is 3.69. The maximum atomic E-state index is 5.85. The Bertz CT molecular complexity index is 461. The van der Waals surface area contributed by atoms with E-state index in [1.54, 1.807) is 0 Å². The van der Waals surface area contributed by atoms with Crippen LogP contribution in [0.15, 0.2) is 22.7 Å². The van der Waals surface area contributed by atoms with Gasteiger partial charge in [0.15, 0.2) is 0 Å². The minimum absolute atomic E-state index is 0.441. The summed E-state index contributed by atoms with van der Waals surface area (Å²) in [4.78, 5) is 0.441. The maximum absolute atomic E-state index is 5.85. The minimum atomic E-state index is 0.441. The molecule has 1 aliphatic rings. The number of thiocarbonyl (C=S) groups is 1. The van der Waals surface area contributed by atoms with Crippen molar-refractivity contribution in [2.45, 2.75) is 45.1 Å². The van der Waals surface area contributed by atoms with E-state index in [0.29, 0.717) is 16.9 Å². The van der Waals surface area contributed by atoms with Crippen molar-refractivity contribution in [3.8, 4) is 0 Å². The Labute approximate surface area is 129 Å². The number of hydrogen-bond donors (Lipinski definition) is 2. The van der Waals surface area contributed by atoms with Gasteiger partial charge in [-0.2, -0.15) is 0 Å². The van der Waals surface area contributed by atoms with Crippen LogP contribution >= 0.6 is 28.1 Å². The van der Waals surface area contributed by atoms with Gasteiger partial charge in [0.2, 0.25) is 0 Å². The van der Waals surface area contributed by atoms with E-state index in [0.717, 1.165) is 15.7 Å². The molecule has 0 spiro atoms. The van der Waals surface area contributed by atoms with E-state index in [1.165, 1.54) is 32.1 Å². The number of benzene rings is 1. The molecule has 1 aromatic carbocycles. The number of nitrogens with two attached hydrogens (primary N) is 1. The quantitative estimate of drug-likeness (QED) is 0.629. The van der Waals surface area contributed by atoms with Gasteiger partial charge in [0, 0.05) is 21.8 Å². The van der Waals surface area contributed by atoms with Gasteiger partial charge in [-0.25, -0.2) is 0 Å². The molecule has 1 aliphatic carbocycles. The summed E-state index contributed by atoms with van der Waals surface area (Å²) in [6.07, 6.45) is 6.53. The second-order valence-corrected chi connectivity index (χ2v) is 6.69. The van der Waals surface area contributed by atoms with Crippen molar-refractivity contribution in [1.29, 1.82) is 0 Å². The second-order valence-electron chi connectivity index (χ2n) is 5.39.